The molecule has 1 fully saturated rings. The normalized spacial score (nSPS) is 28.6. The van der Waals surface area contributed by atoms with Gasteiger partial charge in [0.2, 0.25) is 0 Å². The van der Waals surface area contributed by atoms with E-state index >= 15 is 0 Å². The van der Waals surface area contributed by atoms with Crippen molar-refractivity contribution >= 4 is 0 Å². The van der Waals surface area contributed by atoms with Crippen molar-refractivity contribution in [2.45, 2.75) is 19.4 Å². The minimum Gasteiger partial charge on any atom is -0.383 e. The summed E-state index contributed by atoms with van der Waals surface area (Å²) in [6, 6.07) is 2.65. The van der Waals surface area contributed by atoms with E-state index in [1.54, 1.807) is 7.11 Å². The van der Waals surface area contributed by atoms with Gasteiger partial charge in [-0.15, -0.1) is 0 Å². The molecule has 0 aromatic rings. The van der Waals surface area contributed by atoms with Crippen LogP contribution in [0.2, 0.25) is 0 Å². The Labute approximate surface area is 98.8 Å². The van der Waals surface area contributed by atoms with Gasteiger partial charge in [-0.05, 0) is 13.0 Å². The number of hydrogen-bond acceptors (Lipinski definition) is 4. The van der Waals surface area contributed by atoms with E-state index in [9.17, 15) is 0 Å². The fraction of sp³-hybridized carbons (Fsp3) is 0.917. The summed E-state index contributed by atoms with van der Waals surface area (Å²) in [5, 5.41) is 8.84. The van der Waals surface area contributed by atoms with Gasteiger partial charge in [-0.3, -0.25) is 4.90 Å². The molecule has 92 valence electrons. The predicted octanol–water partition coefficient (Wildman–Crippen LogP) is 0.799. The molecule has 0 bridgehead atoms. The highest BCUT2D eigenvalue weighted by atomic mass is 16.5. The molecule has 1 rings (SSSR count). The van der Waals surface area contributed by atoms with Crippen molar-refractivity contribution in [2.24, 2.45) is 5.92 Å². The number of nitriles is 1. The van der Waals surface area contributed by atoms with Crippen LogP contribution in [-0.2, 0) is 4.74 Å². The highest BCUT2D eigenvalue weighted by Crippen LogP contribution is 2.14. The van der Waals surface area contributed by atoms with Crippen molar-refractivity contribution in [1.29, 1.82) is 5.26 Å². The van der Waals surface area contributed by atoms with E-state index in [-0.39, 0.29) is 0 Å². The molecule has 2 atom stereocenters. The van der Waals surface area contributed by atoms with Crippen molar-refractivity contribution in [1.82, 2.24) is 9.80 Å². The molecule has 1 heterocycles. The third-order valence-corrected chi connectivity index (χ3v) is 3.20. The molecule has 0 spiro atoms. The lowest BCUT2D eigenvalue weighted by Crippen LogP contribution is -2.39. The maximum atomic E-state index is 8.84. The number of methoxy groups -OCH3 is 1. The standard InChI is InChI=1S/C12H23N3O/c1-11-8-14(2)12(4-5-13)10-15(9-11)6-7-16-3/h11-12H,4,6-10H2,1-3H3. The Balaban J connectivity index is 2.55. The number of likely N-dealkylation sites (N-methyl/N-ethyl adjacent to an activating group) is 1. The van der Waals surface area contributed by atoms with Gasteiger partial charge in [-0.2, -0.15) is 5.26 Å². The number of nitrogens with zero attached hydrogens (tertiary/aromatic N) is 3. The summed E-state index contributed by atoms with van der Waals surface area (Å²) >= 11 is 0. The van der Waals surface area contributed by atoms with Crippen LogP contribution in [0.15, 0.2) is 0 Å². The highest BCUT2D eigenvalue weighted by Gasteiger charge is 2.25. The summed E-state index contributed by atoms with van der Waals surface area (Å²) in [7, 11) is 3.86. The first kappa shape index (κ1) is 13.4. The fourth-order valence-electron chi connectivity index (χ4n) is 2.38. The van der Waals surface area contributed by atoms with Crippen molar-refractivity contribution in [3.63, 3.8) is 0 Å². The average Bonchev–Trinajstić information content (AvgIpc) is 2.36. The van der Waals surface area contributed by atoms with Gasteiger partial charge in [0.25, 0.3) is 0 Å². The van der Waals surface area contributed by atoms with Gasteiger partial charge in [-0.1, -0.05) is 6.92 Å². The average molecular weight is 225 g/mol. The van der Waals surface area contributed by atoms with E-state index in [0.29, 0.717) is 18.4 Å². The van der Waals surface area contributed by atoms with Crippen LogP contribution in [0.25, 0.3) is 0 Å². The molecule has 0 aromatic carbocycles. The van der Waals surface area contributed by atoms with Gasteiger partial charge in [0.05, 0.1) is 19.1 Å². The van der Waals surface area contributed by atoms with Gasteiger partial charge in [-0.25, -0.2) is 0 Å². The molecule has 0 saturated carbocycles. The van der Waals surface area contributed by atoms with E-state index in [1.165, 1.54) is 0 Å². The SMILES string of the molecule is COCCN1CC(C)CN(C)C(CC#N)C1. The molecular weight excluding hydrogens is 202 g/mol. The van der Waals surface area contributed by atoms with Crippen LogP contribution in [0, 0.1) is 17.2 Å². The Morgan fingerprint density at radius 1 is 1.38 bits per heavy atom. The molecule has 0 amide bonds. The summed E-state index contributed by atoms with van der Waals surface area (Å²) in [6.07, 6.45) is 0.618. The third kappa shape index (κ3) is 4.09. The molecule has 4 nitrogen and oxygen atoms in total. The molecule has 4 heteroatoms. The molecule has 0 aliphatic carbocycles. The van der Waals surface area contributed by atoms with Crippen LogP contribution in [0.4, 0.5) is 0 Å². The Morgan fingerprint density at radius 3 is 2.75 bits per heavy atom. The zero-order valence-corrected chi connectivity index (χ0v) is 10.6. The van der Waals surface area contributed by atoms with Crippen molar-refractivity contribution in [2.75, 3.05) is 46.9 Å². The predicted molar refractivity (Wildman–Crippen MR) is 64.1 cm³/mol. The van der Waals surface area contributed by atoms with Crippen LogP contribution < -0.4 is 0 Å². The molecule has 2 unspecified atom stereocenters. The minimum atomic E-state index is 0.367. The largest absolute Gasteiger partial charge is 0.383 e. The molecule has 16 heavy (non-hydrogen) atoms. The summed E-state index contributed by atoms with van der Waals surface area (Å²) < 4.78 is 5.12. The molecule has 0 N–H and O–H groups in total. The second-order valence-corrected chi connectivity index (χ2v) is 4.81. The van der Waals surface area contributed by atoms with Gasteiger partial charge in [0.1, 0.15) is 0 Å². The minimum absolute atomic E-state index is 0.367. The maximum Gasteiger partial charge on any atom is 0.0638 e. The Hall–Kier alpha value is -0.630. The monoisotopic (exact) mass is 225 g/mol. The van der Waals surface area contributed by atoms with E-state index in [4.69, 9.17) is 10.00 Å². The Morgan fingerprint density at radius 2 is 2.12 bits per heavy atom. The summed E-state index contributed by atoms with van der Waals surface area (Å²) in [5.41, 5.74) is 0. The van der Waals surface area contributed by atoms with Crippen LogP contribution in [0.1, 0.15) is 13.3 Å². The summed E-state index contributed by atoms with van der Waals surface area (Å²) in [4.78, 5) is 4.74. The quantitative estimate of drug-likeness (QED) is 0.709. The number of hydrogen-bond donors (Lipinski definition) is 0. The van der Waals surface area contributed by atoms with Crippen LogP contribution >= 0.6 is 0 Å². The van der Waals surface area contributed by atoms with Gasteiger partial charge < -0.3 is 9.64 Å². The first-order valence-corrected chi connectivity index (χ1v) is 5.95. The van der Waals surface area contributed by atoms with Crippen LogP contribution in [0.3, 0.4) is 0 Å². The first-order valence-electron chi connectivity index (χ1n) is 5.95. The lowest BCUT2D eigenvalue weighted by molar-refractivity contribution is 0.136. The number of ether oxygens (including phenoxy) is 1. The first-order chi connectivity index (χ1) is 7.67. The Bertz CT molecular complexity index is 239. The maximum absolute atomic E-state index is 8.84. The van der Waals surface area contributed by atoms with Crippen LogP contribution in [0.5, 0.6) is 0 Å². The molecular formula is C12H23N3O. The topological polar surface area (TPSA) is 39.5 Å². The van der Waals surface area contributed by atoms with E-state index in [0.717, 1.165) is 32.8 Å². The zero-order valence-electron chi connectivity index (χ0n) is 10.6. The van der Waals surface area contributed by atoms with Crippen molar-refractivity contribution in [3.05, 3.63) is 0 Å². The lowest BCUT2D eigenvalue weighted by Gasteiger charge is -2.26. The van der Waals surface area contributed by atoms with E-state index in [1.807, 2.05) is 0 Å². The van der Waals surface area contributed by atoms with Gasteiger partial charge >= 0.3 is 0 Å². The Kier molecular flexibility index (Phi) is 5.75. The number of rotatable bonds is 4. The zero-order chi connectivity index (χ0) is 12.0. The van der Waals surface area contributed by atoms with Crippen molar-refractivity contribution < 1.29 is 4.74 Å². The van der Waals surface area contributed by atoms with Gasteiger partial charge in [0, 0.05) is 39.3 Å². The molecule has 1 aliphatic rings. The van der Waals surface area contributed by atoms with Gasteiger partial charge in [0.15, 0.2) is 0 Å². The molecule has 1 saturated heterocycles. The smallest absolute Gasteiger partial charge is 0.0638 e. The van der Waals surface area contributed by atoms with Crippen LogP contribution in [-0.4, -0.2) is 62.8 Å². The molecule has 0 radical (unpaired) electrons. The second kappa shape index (κ2) is 6.85. The van der Waals surface area contributed by atoms with E-state index < -0.39 is 0 Å². The second-order valence-electron chi connectivity index (χ2n) is 4.81. The van der Waals surface area contributed by atoms with Crippen molar-refractivity contribution in [3.8, 4) is 6.07 Å². The summed E-state index contributed by atoms with van der Waals surface area (Å²) in [6.45, 7) is 7.18. The third-order valence-electron chi connectivity index (χ3n) is 3.20. The lowest BCUT2D eigenvalue weighted by atomic mass is 10.1. The van der Waals surface area contributed by atoms with E-state index in [2.05, 4.69) is 29.8 Å². The highest BCUT2D eigenvalue weighted by molar-refractivity contribution is 4.87. The summed E-state index contributed by atoms with van der Waals surface area (Å²) in [5.74, 6) is 0.658. The molecule has 1 aliphatic heterocycles. The molecule has 0 aromatic heterocycles. The fourth-order valence-corrected chi connectivity index (χ4v) is 2.38.